The minimum Gasteiger partial charge on any atom is -0.390 e. The van der Waals surface area contributed by atoms with Gasteiger partial charge in [-0.25, -0.2) is 0 Å². The highest BCUT2D eigenvalue weighted by Gasteiger charge is 2.73. The van der Waals surface area contributed by atoms with Crippen molar-refractivity contribution in [2.24, 2.45) is 52.3 Å². The fraction of sp³-hybridized carbons (Fsp3) is 0.867. The van der Waals surface area contributed by atoms with Gasteiger partial charge in [-0.15, -0.1) is 0 Å². The lowest BCUT2D eigenvalue weighted by molar-refractivity contribution is -0.170. The van der Waals surface area contributed by atoms with Crippen molar-refractivity contribution >= 4 is 0 Å². The van der Waals surface area contributed by atoms with Gasteiger partial charge in [0.2, 0.25) is 0 Å². The van der Waals surface area contributed by atoms with Crippen LogP contribution in [0.25, 0.3) is 0 Å². The van der Waals surface area contributed by atoms with Gasteiger partial charge in [0.05, 0.1) is 29.5 Å². The second-order valence-electron chi connectivity index (χ2n) is 14.2. The molecule has 5 saturated carbocycles. The highest BCUT2D eigenvalue weighted by Crippen LogP contribution is 2.77. The molecular formula is C30H45N3O2. The molecule has 6 rings (SSSR count). The molecule has 5 aliphatic rings. The van der Waals surface area contributed by atoms with Crippen molar-refractivity contribution in [2.75, 3.05) is 0 Å². The summed E-state index contributed by atoms with van der Waals surface area (Å²) >= 11 is 0. The fourth-order valence-corrected chi connectivity index (χ4v) is 11.1. The van der Waals surface area contributed by atoms with Crippen LogP contribution in [0.15, 0.2) is 12.4 Å². The molecule has 1 aromatic rings. The number of fused-ring (bicyclic) bond motifs is 7. The van der Waals surface area contributed by atoms with Crippen LogP contribution in [-0.2, 0) is 6.54 Å². The summed E-state index contributed by atoms with van der Waals surface area (Å²) in [4.78, 5) is 0. The molecule has 0 bridgehead atoms. The molecule has 2 N–H and O–H groups in total. The Morgan fingerprint density at radius 3 is 2.66 bits per heavy atom. The van der Waals surface area contributed by atoms with Crippen molar-refractivity contribution in [3.8, 4) is 6.07 Å². The first-order valence-corrected chi connectivity index (χ1v) is 14.4. The number of nitrogens with zero attached hydrogens (tertiary/aromatic N) is 3. The average molecular weight is 480 g/mol. The van der Waals surface area contributed by atoms with E-state index in [0.29, 0.717) is 35.3 Å². The van der Waals surface area contributed by atoms with E-state index >= 15 is 0 Å². The molecule has 0 aromatic carbocycles. The van der Waals surface area contributed by atoms with Gasteiger partial charge in [0.15, 0.2) is 0 Å². The van der Waals surface area contributed by atoms with E-state index in [4.69, 9.17) is 0 Å². The van der Waals surface area contributed by atoms with Gasteiger partial charge >= 0.3 is 0 Å². The lowest BCUT2D eigenvalue weighted by Crippen LogP contribution is -2.58. The Kier molecular flexibility index (Phi) is 5.35. The monoisotopic (exact) mass is 479 g/mol. The zero-order valence-corrected chi connectivity index (χ0v) is 22.2. The van der Waals surface area contributed by atoms with Crippen LogP contribution in [0.5, 0.6) is 0 Å². The minimum absolute atomic E-state index is 0.185. The van der Waals surface area contributed by atoms with Gasteiger partial charge in [-0.3, -0.25) is 4.68 Å². The summed E-state index contributed by atoms with van der Waals surface area (Å²) in [6.07, 6.45) is 15.0. The third-order valence-electron chi connectivity index (χ3n) is 12.2. The van der Waals surface area contributed by atoms with Crippen LogP contribution in [0.1, 0.15) is 97.5 Å². The minimum atomic E-state index is -0.822. The van der Waals surface area contributed by atoms with E-state index < -0.39 is 11.2 Å². The number of rotatable bonds is 5. The van der Waals surface area contributed by atoms with Crippen LogP contribution in [0, 0.1) is 63.6 Å². The van der Waals surface area contributed by atoms with Crippen molar-refractivity contribution in [2.45, 2.75) is 110 Å². The SMILES string of the molecule is CCC[C@@]1(O)CC[C@@]2(C)[C@@H](CC[C@H]3[C@@H]4[C@@H]5C[C@@H]5[C@H]([C@@](C)(O)Cn5cc(C#N)cn5)[C@@]4(C)CC[C@@H]32)C1. The molecule has 11 atom stereocenters. The number of aromatic nitrogens is 2. The lowest BCUT2D eigenvalue weighted by atomic mass is 9.42. The Balaban J connectivity index is 1.24. The summed E-state index contributed by atoms with van der Waals surface area (Å²) in [6.45, 7) is 9.80. The molecular weight excluding hydrogens is 434 g/mol. The van der Waals surface area contributed by atoms with Crippen LogP contribution >= 0.6 is 0 Å². The number of nitriles is 1. The number of hydrogen-bond donors (Lipinski definition) is 2. The van der Waals surface area contributed by atoms with E-state index in [1.54, 1.807) is 17.1 Å². The summed E-state index contributed by atoms with van der Waals surface area (Å²) in [6, 6.07) is 2.16. The lowest BCUT2D eigenvalue weighted by Gasteiger charge is -2.63. The molecule has 0 radical (unpaired) electrons. The predicted octanol–water partition coefficient (Wildman–Crippen LogP) is 5.55. The molecule has 5 nitrogen and oxygen atoms in total. The van der Waals surface area contributed by atoms with Crippen LogP contribution < -0.4 is 0 Å². The van der Waals surface area contributed by atoms with Gasteiger partial charge in [-0.2, -0.15) is 10.4 Å². The van der Waals surface area contributed by atoms with E-state index in [1.165, 1.54) is 38.5 Å². The average Bonchev–Trinajstić information content (AvgIpc) is 3.29. The number of hydrogen-bond acceptors (Lipinski definition) is 4. The first-order valence-electron chi connectivity index (χ1n) is 14.4. The Morgan fingerprint density at radius 2 is 1.94 bits per heavy atom. The largest absolute Gasteiger partial charge is 0.390 e. The highest BCUT2D eigenvalue weighted by atomic mass is 16.3. The molecule has 1 aromatic heterocycles. The van der Waals surface area contributed by atoms with Gasteiger partial charge < -0.3 is 10.2 Å². The summed E-state index contributed by atoms with van der Waals surface area (Å²) in [5.41, 5.74) is -0.130. The van der Waals surface area contributed by atoms with E-state index in [2.05, 4.69) is 31.9 Å². The summed E-state index contributed by atoms with van der Waals surface area (Å²) in [7, 11) is 0. The van der Waals surface area contributed by atoms with E-state index in [0.717, 1.165) is 49.4 Å². The summed E-state index contributed by atoms with van der Waals surface area (Å²) in [5, 5.41) is 36.8. The third kappa shape index (κ3) is 3.49. The first kappa shape index (κ1) is 24.0. The number of aliphatic hydroxyl groups is 2. The van der Waals surface area contributed by atoms with Crippen LogP contribution in [0.4, 0.5) is 0 Å². The Bertz CT molecular complexity index is 1030. The zero-order valence-electron chi connectivity index (χ0n) is 22.2. The second kappa shape index (κ2) is 7.81. The van der Waals surface area contributed by atoms with Crippen molar-refractivity contribution < 1.29 is 10.2 Å². The Hall–Kier alpha value is -1.38. The van der Waals surface area contributed by atoms with Crippen molar-refractivity contribution in [3.63, 3.8) is 0 Å². The normalized spacial score (nSPS) is 49.7. The van der Waals surface area contributed by atoms with Crippen LogP contribution in [0.2, 0.25) is 0 Å². The van der Waals surface area contributed by atoms with Gasteiger partial charge in [0.1, 0.15) is 6.07 Å². The fourth-order valence-electron chi connectivity index (χ4n) is 11.1. The van der Waals surface area contributed by atoms with Crippen LogP contribution in [-0.4, -0.2) is 31.2 Å². The summed E-state index contributed by atoms with van der Waals surface area (Å²) < 4.78 is 1.78. The quantitative estimate of drug-likeness (QED) is 0.580. The van der Waals surface area contributed by atoms with Gasteiger partial charge in [0.25, 0.3) is 0 Å². The van der Waals surface area contributed by atoms with Crippen LogP contribution in [0.3, 0.4) is 0 Å². The van der Waals surface area contributed by atoms with E-state index in [1.807, 2.05) is 6.92 Å². The topological polar surface area (TPSA) is 82.1 Å². The molecule has 0 unspecified atom stereocenters. The smallest absolute Gasteiger partial charge is 0.102 e. The molecule has 0 aliphatic heterocycles. The highest BCUT2D eigenvalue weighted by molar-refractivity contribution is 5.23. The maximum absolute atomic E-state index is 11.9. The maximum Gasteiger partial charge on any atom is 0.102 e. The Morgan fingerprint density at radius 1 is 1.14 bits per heavy atom. The van der Waals surface area contributed by atoms with Crippen molar-refractivity contribution in [3.05, 3.63) is 18.0 Å². The molecule has 192 valence electrons. The maximum atomic E-state index is 11.9. The molecule has 5 fully saturated rings. The standard InChI is InChI=1S/C30H45N3O2/c1-5-9-30(35)12-11-27(2)20(14-30)6-7-21-24(27)8-10-28(3)25(21)22-13-23(22)26(28)29(4,34)18-33-17-19(15-31)16-32-33/h16-17,20-26,34-35H,5-14,18H2,1-4H3/t20-,21+,22+,23-,24-,25+,26-,27-,28-,29-,30+/m0/s1. The third-order valence-corrected chi connectivity index (χ3v) is 12.2. The molecule has 0 amide bonds. The van der Waals surface area contributed by atoms with Gasteiger partial charge in [0, 0.05) is 6.20 Å². The molecule has 0 saturated heterocycles. The molecule has 5 aliphatic carbocycles. The summed E-state index contributed by atoms with van der Waals surface area (Å²) in [5.74, 6) is 4.66. The molecule has 1 heterocycles. The predicted molar refractivity (Wildman–Crippen MR) is 135 cm³/mol. The van der Waals surface area contributed by atoms with Crippen molar-refractivity contribution in [1.82, 2.24) is 9.78 Å². The molecule has 0 spiro atoms. The van der Waals surface area contributed by atoms with E-state index in [-0.39, 0.29) is 5.41 Å². The molecule has 5 heteroatoms. The van der Waals surface area contributed by atoms with Crippen molar-refractivity contribution in [1.29, 1.82) is 5.26 Å². The van der Waals surface area contributed by atoms with Gasteiger partial charge in [-0.1, -0.05) is 27.2 Å². The zero-order chi connectivity index (χ0) is 24.8. The molecule has 35 heavy (non-hydrogen) atoms. The second-order valence-corrected chi connectivity index (χ2v) is 14.2. The van der Waals surface area contributed by atoms with E-state index in [9.17, 15) is 15.5 Å². The first-order chi connectivity index (χ1) is 16.5. The Labute approximate surface area is 211 Å². The van der Waals surface area contributed by atoms with Gasteiger partial charge in [-0.05, 0) is 117 Å².